The summed E-state index contributed by atoms with van der Waals surface area (Å²) in [5, 5.41) is 8.98. The molecule has 2 aromatic heterocycles. The molecule has 198 valence electrons. The van der Waals surface area contributed by atoms with Crippen molar-refractivity contribution >= 4 is 27.8 Å². The first-order valence-electron chi connectivity index (χ1n) is 13.1. The molecule has 0 radical (unpaired) electrons. The van der Waals surface area contributed by atoms with Crippen LogP contribution in [0.15, 0.2) is 109 Å². The minimum atomic E-state index is 0.571. The first-order chi connectivity index (χ1) is 20.6. The Morgan fingerprint density at radius 1 is 0.595 bits per heavy atom. The molecule has 0 atom stereocenters. The number of ether oxygens (including phenoxy) is 2. The monoisotopic (exact) mass is 544 g/mol. The molecule has 2 heterocycles. The number of aromatic nitrogens is 4. The second-order valence-corrected chi connectivity index (χ2v) is 9.55. The number of nitriles is 1. The standard InChI is InChI=1S/C34H20N6O2/c1-36-24-8-12-26(13-9-24)42-28-15-17-30-32(19-28)40-34(38-30)23-6-4-22(5-7-23)33-37-29-16-14-27(18-31(29)39-33)41-25-10-2-21(20-35)3-11-25/h2-19H,(H,37,39)(H,38,40). The van der Waals surface area contributed by atoms with Crippen molar-refractivity contribution in [1.82, 2.24) is 19.9 Å². The Balaban J connectivity index is 1.09. The van der Waals surface area contributed by atoms with Gasteiger partial charge in [0, 0.05) is 23.3 Å². The summed E-state index contributed by atoms with van der Waals surface area (Å²) in [5.41, 5.74) is 6.44. The molecule has 0 amide bonds. The van der Waals surface area contributed by atoms with E-state index in [0.717, 1.165) is 44.8 Å². The van der Waals surface area contributed by atoms with Gasteiger partial charge in [-0.1, -0.05) is 36.4 Å². The maximum atomic E-state index is 8.98. The number of hydrogen-bond donors (Lipinski definition) is 2. The smallest absolute Gasteiger partial charge is 0.187 e. The number of fused-ring (bicyclic) bond motifs is 2. The average molecular weight is 545 g/mol. The lowest BCUT2D eigenvalue weighted by molar-refractivity contribution is 0.483. The lowest BCUT2D eigenvalue weighted by Crippen LogP contribution is -1.84. The van der Waals surface area contributed by atoms with Crippen LogP contribution in [0.1, 0.15) is 5.56 Å². The predicted molar refractivity (Wildman–Crippen MR) is 161 cm³/mol. The van der Waals surface area contributed by atoms with Crippen molar-refractivity contribution in [3.63, 3.8) is 0 Å². The molecular formula is C34H20N6O2. The highest BCUT2D eigenvalue weighted by Gasteiger charge is 2.11. The van der Waals surface area contributed by atoms with E-state index in [0.29, 0.717) is 34.2 Å². The van der Waals surface area contributed by atoms with Crippen LogP contribution in [0, 0.1) is 17.9 Å². The second kappa shape index (κ2) is 10.3. The first-order valence-corrected chi connectivity index (χ1v) is 13.1. The van der Waals surface area contributed by atoms with Crippen LogP contribution in [0.5, 0.6) is 23.0 Å². The zero-order valence-electron chi connectivity index (χ0n) is 22.0. The molecule has 2 N–H and O–H groups in total. The summed E-state index contributed by atoms with van der Waals surface area (Å²) >= 11 is 0. The summed E-state index contributed by atoms with van der Waals surface area (Å²) in [6.45, 7) is 7.08. The molecule has 42 heavy (non-hydrogen) atoms. The van der Waals surface area contributed by atoms with Crippen LogP contribution in [0.25, 0.3) is 49.7 Å². The Bertz CT molecular complexity index is 1990. The number of benzene rings is 5. The Morgan fingerprint density at radius 3 is 1.50 bits per heavy atom. The molecule has 8 heteroatoms. The molecule has 0 spiro atoms. The van der Waals surface area contributed by atoms with E-state index in [9.17, 15) is 0 Å². The van der Waals surface area contributed by atoms with E-state index in [-0.39, 0.29) is 0 Å². The van der Waals surface area contributed by atoms with Crippen molar-refractivity contribution in [1.29, 1.82) is 5.26 Å². The summed E-state index contributed by atoms with van der Waals surface area (Å²) in [6, 6.07) is 35.6. The number of H-pyrrole nitrogens is 2. The molecule has 0 fully saturated rings. The third-order valence-corrected chi connectivity index (χ3v) is 6.76. The maximum absolute atomic E-state index is 8.98. The van der Waals surface area contributed by atoms with Gasteiger partial charge in [-0.05, 0) is 60.7 Å². The maximum Gasteiger partial charge on any atom is 0.187 e. The van der Waals surface area contributed by atoms with E-state index in [1.54, 1.807) is 48.5 Å². The van der Waals surface area contributed by atoms with Gasteiger partial charge in [0.1, 0.15) is 34.6 Å². The lowest BCUT2D eigenvalue weighted by atomic mass is 10.1. The highest BCUT2D eigenvalue weighted by molar-refractivity contribution is 5.83. The summed E-state index contributed by atoms with van der Waals surface area (Å²) in [6.07, 6.45) is 0. The van der Waals surface area contributed by atoms with Gasteiger partial charge in [0.15, 0.2) is 5.69 Å². The van der Waals surface area contributed by atoms with Crippen LogP contribution in [-0.2, 0) is 0 Å². The molecule has 0 aliphatic rings. The van der Waals surface area contributed by atoms with E-state index < -0.39 is 0 Å². The Kier molecular flexibility index (Phi) is 6.05. The Labute approximate surface area is 240 Å². The largest absolute Gasteiger partial charge is 0.457 e. The highest BCUT2D eigenvalue weighted by atomic mass is 16.5. The van der Waals surface area contributed by atoms with Gasteiger partial charge in [0.2, 0.25) is 0 Å². The van der Waals surface area contributed by atoms with Gasteiger partial charge in [0.25, 0.3) is 0 Å². The molecule has 0 saturated carbocycles. The average Bonchev–Trinajstić information content (AvgIpc) is 3.66. The van der Waals surface area contributed by atoms with Crippen molar-refractivity contribution in [2.45, 2.75) is 0 Å². The number of aromatic amines is 2. The quantitative estimate of drug-likeness (QED) is 0.204. The van der Waals surface area contributed by atoms with Gasteiger partial charge < -0.3 is 19.4 Å². The molecular weight excluding hydrogens is 524 g/mol. The highest BCUT2D eigenvalue weighted by Crippen LogP contribution is 2.30. The SMILES string of the molecule is [C-]#[N+]c1ccc(Oc2ccc3nc(-c4ccc(-c5nc6ccc(Oc7ccc(C#N)cc7)cc6[nH]5)cc4)[nH]c3c2)cc1. The Morgan fingerprint density at radius 2 is 1.05 bits per heavy atom. The van der Waals surface area contributed by atoms with Crippen molar-refractivity contribution in [2.75, 3.05) is 0 Å². The molecule has 0 aliphatic carbocycles. The van der Waals surface area contributed by atoms with Crippen molar-refractivity contribution in [3.8, 4) is 51.8 Å². The second-order valence-electron chi connectivity index (χ2n) is 9.55. The van der Waals surface area contributed by atoms with Crippen molar-refractivity contribution in [2.24, 2.45) is 0 Å². The predicted octanol–water partition coefficient (Wildman–Crippen LogP) is 8.78. The first kappa shape index (κ1) is 24.6. The normalized spacial score (nSPS) is 10.8. The minimum absolute atomic E-state index is 0.571. The number of rotatable bonds is 6. The molecule has 7 aromatic rings. The fourth-order valence-electron chi connectivity index (χ4n) is 4.62. The summed E-state index contributed by atoms with van der Waals surface area (Å²) < 4.78 is 11.9. The summed E-state index contributed by atoms with van der Waals surface area (Å²) in [5.74, 6) is 4.18. The summed E-state index contributed by atoms with van der Waals surface area (Å²) in [7, 11) is 0. The number of nitrogens with zero attached hydrogens (tertiary/aromatic N) is 4. The van der Waals surface area contributed by atoms with Gasteiger partial charge in [-0.3, -0.25) is 0 Å². The van der Waals surface area contributed by atoms with Crippen LogP contribution in [-0.4, -0.2) is 19.9 Å². The van der Waals surface area contributed by atoms with Crippen LogP contribution in [0.4, 0.5) is 5.69 Å². The molecule has 0 aliphatic heterocycles. The Hall–Kier alpha value is -6.38. The molecule has 0 saturated heterocycles. The van der Waals surface area contributed by atoms with E-state index in [1.165, 1.54) is 0 Å². The van der Waals surface area contributed by atoms with Crippen LogP contribution < -0.4 is 9.47 Å². The third-order valence-electron chi connectivity index (χ3n) is 6.76. The van der Waals surface area contributed by atoms with Gasteiger partial charge in [-0.15, -0.1) is 0 Å². The fraction of sp³-hybridized carbons (Fsp3) is 0. The van der Waals surface area contributed by atoms with E-state index in [1.807, 2.05) is 60.7 Å². The van der Waals surface area contributed by atoms with Crippen LogP contribution in [0.2, 0.25) is 0 Å². The molecule has 8 nitrogen and oxygen atoms in total. The number of hydrogen-bond acceptors (Lipinski definition) is 5. The van der Waals surface area contributed by atoms with Crippen molar-refractivity contribution < 1.29 is 9.47 Å². The molecule has 7 rings (SSSR count). The molecule has 0 bridgehead atoms. The van der Waals surface area contributed by atoms with Gasteiger partial charge in [0.05, 0.1) is 40.3 Å². The van der Waals surface area contributed by atoms with E-state index in [4.69, 9.17) is 31.3 Å². The summed E-state index contributed by atoms with van der Waals surface area (Å²) in [4.78, 5) is 19.7. The van der Waals surface area contributed by atoms with E-state index in [2.05, 4.69) is 20.9 Å². The zero-order chi connectivity index (χ0) is 28.5. The van der Waals surface area contributed by atoms with Crippen molar-refractivity contribution in [3.05, 3.63) is 126 Å². The number of nitrogens with one attached hydrogen (secondary N) is 2. The number of imidazole rings is 2. The topological polar surface area (TPSA) is 104 Å². The van der Waals surface area contributed by atoms with Crippen LogP contribution >= 0.6 is 0 Å². The van der Waals surface area contributed by atoms with Gasteiger partial charge >= 0.3 is 0 Å². The minimum Gasteiger partial charge on any atom is -0.457 e. The molecule has 5 aromatic carbocycles. The van der Waals surface area contributed by atoms with E-state index >= 15 is 0 Å². The lowest BCUT2D eigenvalue weighted by Gasteiger charge is -2.05. The molecule has 0 unspecified atom stereocenters. The fourth-order valence-corrected chi connectivity index (χ4v) is 4.62. The zero-order valence-corrected chi connectivity index (χ0v) is 22.0. The van der Waals surface area contributed by atoms with Gasteiger partial charge in [-0.25, -0.2) is 14.8 Å². The van der Waals surface area contributed by atoms with Gasteiger partial charge in [-0.2, -0.15) is 5.26 Å². The third kappa shape index (κ3) is 4.88. The van der Waals surface area contributed by atoms with Crippen LogP contribution in [0.3, 0.4) is 0 Å².